The van der Waals surface area contributed by atoms with Gasteiger partial charge in [-0.1, -0.05) is 81.4 Å². The van der Waals surface area contributed by atoms with Crippen molar-refractivity contribution in [3.63, 3.8) is 0 Å². The second-order valence-corrected chi connectivity index (χ2v) is 12.6. The Bertz CT molecular complexity index is 2010. The Morgan fingerprint density at radius 1 is 0.950 bits per heavy atom. The first kappa shape index (κ1) is 25.2. The number of halogens is 1. The van der Waals surface area contributed by atoms with Gasteiger partial charge in [0, 0.05) is 27.1 Å². The van der Waals surface area contributed by atoms with E-state index in [1.807, 2.05) is 10.6 Å². The molecular weight excluding hydrogens is 578 g/mol. The molecule has 0 N–H and O–H groups in total. The van der Waals surface area contributed by atoms with Gasteiger partial charge in [0.1, 0.15) is 0 Å². The van der Waals surface area contributed by atoms with E-state index in [1.54, 1.807) is 0 Å². The van der Waals surface area contributed by atoms with E-state index in [4.69, 9.17) is 4.99 Å². The summed E-state index contributed by atoms with van der Waals surface area (Å²) in [4.78, 5) is 20.1. The molecule has 1 aliphatic heterocycles. The molecule has 40 heavy (non-hydrogen) atoms. The molecule has 0 radical (unpaired) electrons. The van der Waals surface area contributed by atoms with E-state index >= 15 is 0 Å². The molecule has 3 aromatic carbocycles. The topological polar surface area (TPSA) is 39.3 Å². The summed E-state index contributed by atoms with van der Waals surface area (Å²) in [5, 5.41) is 0. The van der Waals surface area contributed by atoms with Crippen LogP contribution >= 0.6 is 27.3 Å². The van der Waals surface area contributed by atoms with Gasteiger partial charge in [0.05, 0.1) is 16.3 Å². The van der Waals surface area contributed by atoms with Crippen molar-refractivity contribution in [3.8, 4) is 5.69 Å². The fourth-order valence-electron chi connectivity index (χ4n) is 6.13. The minimum atomic E-state index is -0.171. The van der Waals surface area contributed by atoms with Crippen molar-refractivity contribution in [2.75, 3.05) is 0 Å². The molecule has 0 unspecified atom stereocenters. The van der Waals surface area contributed by atoms with Gasteiger partial charge in [0.15, 0.2) is 4.80 Å². The molecule has 5 aromatic rings. The Morgan fingerprint density at radius 3 is 2.48 bits per heavy atom. The molecule has 0 bridgehead atoms. The lowest BCUT2D eigenvalue weighted by atomic mass is 9.83. The van der Waals surface area contributed by atoms with Gasteiger partial charge in [-0.3, -0.25) is 9.36 Å². The minimum Gasteiger partial charge on any atom is -0.318 e. The highest BCUT2D eigenvalue weighted by Gasteiger charge is 2.32. The molecule has 4 nitrogen and oxygen atoms in total. The standard InChI is InChI=1S/C34H28BrN3OS/c1-20-8-15-27(16-9-20)37-21(2)18-25(22(37)3)19-30-33(39)38-32(24-10-13-26(35)14-11-24)29-17-12-23-6-4-5-7-28(23)31(29)36-34(38)40-30/h4-11,13-16,18-19,32H,12,17H2,1-3H3/b30-19+/t32-/m1/s1. The average Bonchev–Trinajstić information content (AvgIpc) is 3.42. The number of hydrogen-bond acceptors (Lipinski definition) is 3. The smallest absolute Gasteiger partial charge is 0.271 e. The van der Waals surface area contributed by atoms with E-state index in [-0.39, 0.29) is 11.6 Å². The van der Waals surface area contributed by atoms with Gasteiger partial charge in [-0.05, 0) is 92.3 Å². The summed E-state index contributed by atoms with van der Waals surface area (Å²) in [5.74, 6) is 0. The molecule has 6 heteroatoms. The largest absolute Gasteiger partial charge is 0.318 e. The van der Waals surface area contributed by atoms with Crippen molar-refractivity contribution in [1.29, 1.82) is 0 Å². The number of thiazole rings is 1. The zero-order chi connectivity index (χ0) is 27.5. The summed E-state index contributed by atoms with van der Waals surface area (Å²) in [6.45, 7) is 6.34. The van der Waals surface area contributed by atoms with E-state index < -0.39 is 0 Å². The van der Waals surface area contributed by atoms with Gasteiger partial charge >= 0.3 is 0 Å². The van der Waals surface area contributed by atoms with E-state index in [0.717, 1.165) is 56.0 Å². The lowest BCUT2D eigenvalue weighted by Crippen LogP contribution is -2.38. The maximum absolute atomic E-state index is 14.1. The van der Waals surface area contributed by atoms with E-state index in [9.17, 15) is 4.79 Å². The maximum atomic E-state index is 14.1. The summed E-state index contributed by atoms with van der Waals surface area (Å²) in [5.41, 5.74) is 11.5. The van der Waals surface area contributed by atoms with Crippen LogP contribution in [0.5, 0.6) is 0 Å². The molecule has 198 valence electrons. The molecule has 0 fully saturated rings. The predicted molar refractivity (Wildman–Crippen MR) is 167 cm³/mol. The third-order valence-electron chi connectivity index (χ3n) is 8.11. The van der Waals surface area contributed by atoms with Crippen LogP contribution in [0.2, 0.25) is 0 Å². The van der Waals surface area contributed by atoms with Gasteiger partial charge in [-0.25, -0.2) is 4.99 Å². The maximum Gasteiger partial charge on any atom is 0.271 e. The van der Waals surface area contributed by atoms with Crippen LogP contribution in [0.15, 0.2) is 98.7 Å². The third-order valence-corrected chi connectivity index (χ3v) is 9.62. The molecular formula is C34H28BrN3OS. The van der Waals surface area contributed by atoms with E-state index in [1.165, 1.54) is 33.6 Å². The third kappa shape index (κ3) is 4.09. The van der Waals surface area contributed by atoms with Crippen LogP contribution in [0.3, 0.4) is 0 Å². The lowest BCUT2D eigenvalue weighted by molar-refractivity contribution is 0.585. The molecule has 1 aliphatic carbocycles. The molecule has 0 saturated carbocycles. The molecule has 0 spiro atoms. The molecule has 1 atom stereocenters. The second kappa shape index (κ2) is 9.72. The minimum absolute atomic E-state index is 0.0159. The predicted octanol–water partition coefficient (Wildman–Crippen LogP) is 6.80. The quantitative estimate of drug-likeness (QED) is 0.223. The number of aryl methyl sites for hydroxylation is 3. The highest BCUT2D eigenvalue weighted by Crippen LogP contribution is 2.41. The van der Waals surface area contributed by atoms with Crippen LogP contribution < -0.4 is 14.9 Å². The number of rotatable bonds is 3. The van der Waals surface area contributed by atoms with Crippen molar-refractivity contribution >= 4 is 39.0 Å². The summed E-state index contributed by atoms with van der Waals surface area (Å²) in [7, 11) is 0. The fourth-order valence-corrected chi connectivity index (χ4v) is 7.39. The monoisotopic (exact) mass is 605 g/mol. The highest BCUT2D eigenvalue weighted by atomic mass is 79.9. The number of allylic oxidation sites excluding steroid dienone is 1. The van der Waals surface area contributed by atoms with Gasteiger partial charge in [-0.2, -0.15) is 0 Å². The van der Waals surface area contributed by atoms with Crippen LogP contribution in [0.25, 0.3) is 17.5 Å². The van der Waals surface area contributed by atoms with Gasteiger partial charge in [-0.15, -0.1) is 0 Å². The summed E-state index contributed by atoms with van der Waals surface area (Å²) in [6.07, 6.45) is 3.89. The summed E-state index contributed by atoms with van der Waals surface area (Å²) < 4.78 is 5.91. The van der Waals surface area contributed by atoms with E-state index in [0.29, 0.717) is 4.53 Å². The lowest BCUT2D eigenvalue weighted by Gasteiger charge is -2.30. The second-order valence-electron chi connectivity index (χ2n) is 10.7. The Balaban J connectivity index is 1.43. The first-order chi connectivity index (χ1) is 19.4. The molecule has 0 saturated heterocycles. The average molecular weight is 607 g/mol. The van der Waals surface area contributed by atoms with Crippen LogP contribution in [0, 0.1) is 20.8 Å². The Kier molecular flexibility index (Phi) is 6.13. The van der Waals surface area contributed by atoms with Crippen molar-refractivity contribution in [3.05, 3.63) is 148 Å². The van der Waals surface area contributed by atoms with Crippen molar-refractivity contribution in [1.82, 2.24) is 9.13 Å². The number of hydrogen-bond donors (Lipinski definition) is 0. The van der Waals surface area contributed by atoms with Crippen LogP contribution in [-0.4, -0.2) is 9.13 Å². The Morgan fingerprint density at radius 2 is 1.70 bits per heavy atom. The summed E-state index contributed by atoms with van der Waals surface area (Å²) >= 11 is 5.06. The van der Waals surface area contributed by atoms with E-state index in [2.05, 4.69) is 120 Å². The van der Waals surface area contributed by atoms with Gasteiger partial charge < -0.3 is 4.57 Å². The van der Waals surface area contributed by atoms with Crippen molar-refractivity contribution < 1.29 is 0 Å². The zero-order valence-electron chi connectivity index (χ0n) is 22.6. The SMILES string of the molecule is Cc1ccc(-n2c(C)cc(/C=c3/sc4n(c3=O)[C@H](c3ccc(Br)cc3)C3=C(N=4)c4ccccc4CC3)c2C)cc1. The van der Waals surface area contributed by atoms with Crippen LogP contribution in [-0.2, 0) is 6.42 Å². The fraction of sp³-hybridized carbons (Fsp3) is 0.176. The molecule has 3 heterocycles. The van der Waals surface area contributed by atoms with Crippen molar-refractivity contribution in [2.24, 2.45) is 4.99 Å². The molecule has 7 rings (SSSR count). The van der Waals surface area contributed by atoms with Gasteiger partial charge in [0.25, 0.3) is 5.56 Å². The number of nitrogens with zero attached hydrogens (tertiary/aromatic N) is 3. The number of benzene rings is 3. The van der Waals surface area contributed by atoms with Crippen LogP contribution in [0.4, 0.5) is 0 Å². The molecule has 2 aromatic heterocycles. The molecule has 2 aliphatic rings. The first-order valence-corrected chi connectivity index (χ1v) is 15.1. The first-order valence-electron chi connectivity index (χ1n) is 13.5. The normalized spacial score (nSPS) is 16.4. The number of fused-ring (bicyclic) bond motifs is 3. The Hall–Kier alpha value is -3.74. The Labute approximate surface area is 245 Å². The van der Waals surface area contributed by atoms with Crippen molar-refractivity contribution in [2.45, 2.75) is 39.7 Å². The highest BCUT2D eigenvalue weighted by molar-refractivity contribution is 9.10. The number of aromatic nitrogens is 2. The molecule has 0 amide bonds. The van der Waals surface area contributed by atoms with Gasteiger partial charge in [0.2, 0.25) is 0 Å². The zero-order valence-corrected chi connectivity index (χ0v) is 25.0. The van der Waals surface area contributed by atoms with Crippen LogP contribution in [0.1, 0.15) is 51.7 Å². The summed E-state index contributed by atoms with van der Waals surface area (Å²) in [6, 6.07) is 27.5.